The van der Waals surface area contributed by atoms with Crippen LogP contribution in [0.15, 0.2) is 102 Å². The average molecular weight is 705 g/mol. The second kappa shape index (κ2) is 17.6. The van der Waals surface area contributed by atoms with Gasteiger partial charge in [0.05, 0.1) is 30.3 Å². The van der Waals surface area contributed by atoms with Crippen LogP contribution in [0.2, 0.25) is 0 Å². The van der Waals surface area contributed by atoms with Crippen LogP contribution in [-0.4, -0.2) is 91.5 Å². The molecular formula is C42H56N8O2. The molecule has 0 fully saturated rings. The zero-order chi connectivity index (χ0) is 37.5. The highest BCUT2D eigenvalue weighted by atomic mass is 16.3. The van der Waals surface area contributed by atoms with Gasteiger partial charge in [-0.2, -0.15) is 0 Å². The molecule has 0 amide bonds. The Morgan fingerprint density at radius 3 is 1.40 bits per heavy atom. The minimum absolute atomic E-state index is 0.0300. The summed E-state index contributed by atoms with van der Waals surface area (Å²) in [6.07, 6.45) is 2.73. The highest BCUT2D eigenvalue weighted by molar-refractivity contribution is 5.39. The van der Waals surface area contributed by atoms with Crippen molar-refractivity contribution >= 4 is 0 Å². The van der Waals surface area contributed by atoms with Gasteiger partial charge in [-0.25, -0.2) is 0 Å². The fraction of sp³-hybridized carbons (Fsp3) is 0.429. The molecule has 4 aromatic carbocycles. The second-order valence-corrected chi connectivity index (χ2v) is 14.9. The van der Waals surface area contributed by atoms with E-state index in [0.717, 1.165) is 24.8 Å². The lowest BCUT2D eigenvalue weighted by molar-refractivity contribution is 0.0902. The Kier molecular flexibility index (Phi) is 13.3. The second-order valence-electron chi connectivity index (χ2n) is 14.9. The first kappa shape index (κ1) is 39.1. The van der Waals surface area contributed by atoms with E-state index in [1.54, 1.807) is 0 Å². The monoisotopic (exact) mass is 704 g/mol. The number of azide groups is 1. The Labute approximate surface area is 309 Å². The smallest absolute Gasteiger partial charge is 0.0777 e. The number of fused-ring (bicyclic) bond motifs is 4. The topological polar surface area (TPSA) is 151 Å². The maximum atomic E-state index is 9.84. The predicted octanol–water partition coefficient (Wildman–Crippen LogP) is 5.51. The normalized spacial score (nSPS) is 26.1. The number of nitrogens with zero attached hydrogens (tertiary/aromatic N) is 6. The first-order valence-corrected chi connectivity index (χ1v) is 18.1. The van der Waals surface area contributed by atoms with Crippen LogP contribution < -0.4 is 11.5 Å². The SMILES string of the molecule is CN(C)[C@@H]1c2ccccc2C[C@@H]1N.CN(C)[C@@H]1c2ccccc2C[C@@H]1N=[N+]=[N-].CN(C)[C@@H]1c2ccccc2C[C@H]1O.N[C@@H]1c2ccccc2C[C@H]1O. The quantitative estimate of drug-likeness (QED) is 0.124. The van der Waals surface area contributed by atoms with Crippen LogP contribution in [0.1, 0.15) is 68.7 Å². The van der Waals surface area contributed by atoms with Crippen molar-refractivity contribution in [3.8, 4) is 0 Å². The maximum absolute atomic E-state index is 9.84. The largest absolute Gasteiger partial charge is 0.391 e. The molecule has 4 aromatic rings. The Hall–Kier alpha value is -4.09. The number of hydrogen-bond donors (Lipinski definition) is 4. The molecule has 0 heterocycles. The fourth-order valence-corrected chi connectivity index (χ4v) is 8.39. The van der Waals surface area contributed by atoms with Gasteiger partial charge in [-0.3, -0.25) is 0 Å². The van der Waals surface area contributed by atoms with E-state index < -0.39 is 0 Å². The van der Waals surface area contributed by atoms with Crippen molar-refractivity contribution in [3.63, 3.8) is 0 Å². The van der Waals surface area contributed by atoms with Crippen LogP contribution in [-0.2, 0) is 25.7 Å². The van der Waals surface area contributed by atoms with Crippen LogP contribution in [0.4, 0.5) is 0 Å². The van der Waals surface area contributed by atoms with Crippen LogP contribution >= 0.6 is 0 Å². The Morgan fingerprint density at radius 2 is 0.923 bits per heavy atom. The van der Waals surface area contributed by atoms with E-state index in [2.05, 4.69) is 87.4 Å². The van der Waals surface area contributed by atoms with Gasteiger partial charge in [0.1, 0.15) is 0 Å². The summed E-state index contributed by atoms with van der Waals surface area (Å²) in [5.74, 6) is 0. The van der Waals surface area contributed by atoms with E-state index in [1.165, 1.54) is 38.9 Å². The Morgan fingerprint density at radius 1 is 0.538 bits per heavy atom. The van der Waals surface area contributed by atoms with Crippen LogP contribution in [0.25, 0.3) is 10.4 Å². The van der Waals surface area contributed by atoms with Crippen molar-refractivity contribution in [2.45, 2.75) is 74.1 Å². The van der Waals surface area contributed by atoms with Gasteiger partial charge in [0.15, 0.2) is 0 Å². The van der Waals surface area contributed by atoms with Crippen molar-refractivity contribution in [2.24, 2.45) is 16.6 Å². The van der Waals surface area contributed by atoms with Crippen LogP contribution in [0.3, 0.4) is 0 Å². The van der Waals surface area contributed by atoms with Crippen molar-refractivity contribution in [2.75, 3.05) is 42.3 Å². The molecule has 6 N–H and O–H groups in total. The number of rotatable bonds is 4. The first-order chi connectivity index (χ1) is 24.9. The van der Waals surface area contributed by atoms with E-state index >= 15 is 0 Å². The Balaban J connectivity index is 0.000000135. The van der Waals surface area contributed by atoms with Crippen molar-refractivity contribution in [3.05, 3.63) is 152 Å². The molecular weight excluding hydrogens is 649 g/mol. The number of benzene rings is 4. The molecule has 4 aliphatic carbocycles. The lowest BCUT2D eigenvalue weighted by Gasteiger charge is -2.24. The van der Waals surface area contributed by atoms with Gasteiger partial charge >= 0.3 is 0 Å². The zero-order valence-corrected chi connectivity index (χ0v) is 31.4. The first-order valence-electron chi connectivity index (χ1n) is 18.1. The number of aliphatic hydroxyl groups excluding tert-OH is 2. The third-order valence-electron chi connectivity index (χ3n) is 10.7. The molecule has 10 heteroatoms. The minimum Gasteiger partial charge on any atom is -0.391 e. The van der Waals surface area contributed by atoms with E-state index in [0.29, 0.717) is 12.5 Å². The van der Waals surface area contributed by atoms with Gasteiger partial charge in [-0.1, -0.05) is 102 Å². The Bertz CT molecular complexity index is 1760. The molecule has 0 spiro atoms. The van der Waals surface area contributed by atoms with Gasteiger partial charge in [0, 0.05) is 35.9 Å². The predicted molar refractivity (Wildman–Crippen MR) is 210 cm³/mol. The molecule has 0 aromatic heterocycles. The lowest BCUT2D eigenvalue weighted by Crippen LogP contribution is -2.34. The summed E-state index contributed by atoms with van der Waals surface area (Å²) < 4.78 is 0. The summed E-state index contributed by atoms with van der Waals surface area (Å²) in [6.45, 7) is 0. The minimum atomic E-state index is -0.382. The molecule has 8 rings (SSSR count). The number of nitrogens with two attached hydrogens (primary N) is 2. The lowest BCUT2D eigenvalue weighted by atomic mass is 10.1. The molecule has 0 radical (unpaired) electrons. The van der Waals surface area contributed by atoms with Gasteiger partial charge in [0.2, 0.25) is 0 Å². The molecule has 0 saturated carbocycles. The van der Waals surface area contributed by atoms with Gasteiger partial charge in [-0.05, 0) is 105 Å². The fourth-order valence-electron chi connectivity index (χ4n) is 8.39. The molecule has 0 unspecified atom stereocenters. The molecule has 0 aliphatic heterocycles. The number of hydrogen-bond acceptors (Lipinski definition) is 8. The summed E-state index contributed by atoms with van der Waals surface area (Å²) in [4.78, 5) is 9.33. The zero-order valence-electron chi connectivity index (χ0n) is 31.4. The third kappa shape index (κ3) is 8.74. The molecule has 4 aliphatic rings. The van der Waals surface area contributed by atoms with E-state index in [9.17, 15) is 10.2 Å². The van der Waals surface area contributed by atoms with Crippen molar-refractivity contribution < 1.29 is 10.2 Å². The molecule has 0 bridgehead atoms. The average Bonchev–Trinajstić information content (AvgIpc) is 3.84. The maximum Gasteiger partial charge on any atom is 0.0777 e. The van der Waals surface area contributed by atoms with Gasteiger partial charge < -0.3 is 36.4 Å². The van der Waals surface area contributed by atoms with Crippen LogP contribution in [0.5, 0.6) is 0 Å². The van der Waals surface area contributed by atoms with Crippen molar-refractivity contribution in [1.29, 1.82) is 0 Å². The third-order valence-corrected chi connectivity index (χ3v) is 10.7. The van der Waals surface area contributed by atoms with Crippen molar-refractivity contribution in [1.82, 2.24) is 14.7 Å². The number of likely N-dealkylation sites (N-methyl/N-ethyl adjacent to an activating group) is 3. The molecule has 0 saturated heterocycles. The van der Waals surface area contributed by atoms with Crippen LogP contribution in [0, 0.1) is 0 Å². The summed E-state index contributed by atoms with van der Waals surface area (Å²) >= 11 is 0. The highest BCUT2D eigenvalue weighted by Gasteiger charge is 2.34. The molecule has 276 valence electrons. The number of aliphatic hydroxyl groups is 2. The molecule has 52 heavy (non-hydrogen) atoms. The summed E-state index contributed by atoms with van der Waals surface area (Å²) in [6, 6.07) is 34.0. The summed E-state index contributed by atoms with van der Waals surface area (Å²) in [7, 11) is 12.2. The van der Waals surface area contributed by atoms with Gasteiger partial charge in [0.25, 0.3) is 0 Å². The highest BCUT2D eigenvalue weighted by Crippen LogP contribution is 2.37. The molecule has 10 nitrogen and oxygen atoms in total. The van der Waals surface area contributed by atoms with Gasteiger partial charge in [-0.15, -0.1) is 0 Å². The molecule has 8 atom stereocenters. The standard InChI is InChI=1S/C11H14N4.C11H16N2.C11H15NO.C9H11NO/c1-15(2)11-9-6-4-3-5-8(9)7-10(11)13-14-12;1-13(2)11-9-6-4-3-5-8(9)7-10(11)12;1-12(2)11-9-6-4-3-5-8(9)7-10(11)13;10-9-7-4-2-1-3-6(7)5-8(9)11/h3-6,10-11H,7H2,1-2H3;3-6,10-11H,7,12H2,1-2H3;3-6,10-11,13H,7H2,1-2H3;1-4,8-9,11H,5,10H2/t2*10-,11+;10-,11-;8-,9-/m0011/s1. The summed E-state index contributed by atoms with van der Waals surface area (Å²) in [5.41, 5.74) is 30.6. The van der Waals surface area contributed by atoms with E-state index in [4.69, 9.17) is 17.0 Å². The van der Waals surface area contributed by atoms with E-state index in [1.807, 2.05) is 76.7 Å². The van der Waals surface area contributed by atoms with E-state index in [-0.39, 0.29) is 42.4 Å². The summed E-state index contributed by atoms with van der Waals surface area (Å²) in [5, 5.41) is 23.1.